The molecule has 0 N–H and O–H groups in total. The molecule has 86 heavy (non-hydrogen) atoms. The van der Waals surface area contributed by atoms with Gasteiger partial charge in [0.05, 0.1) is 61.1 Å². The van der Waals surface area contributed by atoms with Crippen molar-refractivity contribution in [2.24, 2.45) is 0 Å². The highest BCUT2D eigenvalue weighted by atomic mass is 19.4. The van der Waals surface area contributed by atoms with Crippen LogP contribution < -0.4 is 0 Å². The number of aromatic nitrogens is 7. The Morgan fingerprint density at radius 3 is 0.977 bits per heavy atom. The molecule has 0 aliphatic heterocycles. The number of benzene rings is 12. The van der Waals surface area contributed by atoms with Gasteiger partial charge < -0.3 is 18.3 Å². The number of halogens is 3. The van der Waals surface area contributed by atoms with E-state index in [0.717, 1.165) is 110 Å². The Hall–Kier alpha value is -11.4. The van der Waals surface area contributed by atoms with Gasteiger partial charge in [-0.15, -0.1) is 0 Å². The first kappa shape index (κ1) is 49.3. The van der Waals surface area contributed by atoms with Gasteiger partial charge >= 0.3 is 6.18 Å². The van der Waals surface area contributed by atoms with E-state index in [1.54, 1.807) is 6.07 Å². The second-order valence-electron chi connectivity index (χ2n) is 21.9. The minimum atomic E-state index is -4.71. The summed E-state index contributed by atoms with van der Waals surface area (Å²) in [5.74, 6) is 1.29. The Bertz CT molecular complexity index is 5510. The first-order chi connectivity index (χ1) is 42.3. The molecule has 0 saturated heterocycles. The molecule has 12 aromatic carbocycles. The Kier molecular flexibility index (Phi) is 10.9. The van der Waals surface area contributed by atoms with Gasteiger partial charge in [-0.2, -0.15) is 13.2 Å². The summed E-state index contributed by atoms with van der Waals surface area (Å²) in [5, 5.41) is 8.29. The molecule has 7 nitrogen and oxygen atoms in total. The predicted molar refractivity (Wildman–Crippen MR) is 344 cm³/mol. The van der Waals surface area contributed by atoms with E-state index in [1.807, 2.05) is 140 Å². The molecule has 0 aliphatic rings. The van der Waals surface area contributed by atoms with Crippen molar-refractivity contribution in [1.82, 2.24) is 33.2 Å². The van der Waals surface area contributed by atoms with Crippen LogP contribution in [0.2, 0.25) is 0 Å². The Morgan fingerprint density at radius 2 is 0.570 bits per heavy atom. The van der Waals surface area contributed by atoms with Crippen LogP contribution in [0.15, 0.2) is 279 Å². The third kappa shape index (κ3) is 7.66. The molecule has 0 saturated carbocycles. The summed E-state index contributed by atoms with van der Waals surface area (Å²) in [5.41, 5.74) is 13.0. The Morgan fingerprint density at radius 1 is 0.244 bits per heavy atom. The van der Waals surface area contributed by atoms with Crippen LogP contribution in [-0.4, -0.2) is 33.2 Å². The van der Waals surface area contributed by atoms with E-state index >= 15 is 13.2 Å². The van der Waals surface area contributed by atoms with Crippen molar-refractivity contribution in [2.75, 3.05) is 0 Å². The van der Waals surface area contributed by atoms with Crippen LogP contribution in [0.1, 0.15) is 5.56 Å². The molecular weight excluding hydrogens is 1070 g/mol. The van der Waals surface area contributed by atoms with Gasteiger partial charge in [0, 0.05) is 82.3 Å². The highest BCUT2D eigenvalue weighted by Gasteiger charge is 2.33. The smallest absolute Gasteiger partial charge is 0.309 e. The molecule has 406 valence electrons. The summed E-state index contributed by atoms with van der Waals surface area (Å²) < 4.78 is 56.5. The lowest BCUT2D eigenvalue weighted by Crippen LogP contribution is -2.08. The van der Waals surface area contributed by atoms with Crippen molar-refractivity contribution >= 4 is 87.2 Å². The SMILES string of the molecule is FC(F)(F)c1ccc(-n2c3ccccc3c3cc4c5ccccc5n(-c5ccccc5)c4cc32)c(-c2cc(-c3nc(-c4ccccc4)nc(-c4ccccc4)n3)ccc2-n2c3ccccc3c3cc4c5ccccc5n(-c5ccccc5)c4cc32)c1. The first-order valence-electron chi connectivity index (χ1n) is 28.6. The minimum Gasteiger partial charge on any atom is -0.309 e. The summed E-state index contributed by atoms with van der Waals surface area (Å²) in [6.45, 7) is 0. The number of fused-ring (bicyclic) bond motifs is 12. The molecule has 0 unspecified atom stereocenters. The molecule has 17 rings (SSSR count). The zero-order valence-corrected chi connectivity index (χ0v) is 45.8. The molecule has 17 aromatic rings. The normalized spacial score (nSPS) is 12.1. The third-order valence-corrected chi connectivity index (χ3v) is 17.0. The maximum Gasteiger partial charge on any atom is 0.416 e. The maximum atomic E-state index is 15.9. The molecule has 0 amide bonds. The van der Waals surface area contributed by atoms with Gasteiger partial charge in [0.1, 0.15) is 0 Å². The fraction of sp³-hybridized carbons (Fsp3) is 0.0132. The fourth-order valence-electron chi connectivity index (χ4n) is 13.2. The lowest BCUT2D eigenvalue weighted by Gasteiger charge is -2.21. The minimum absolute atomic E-state index is 0.356. The van der Waals surface area contributed by atoms with Crippen LogP contribution in [0.4, 0.5) is 13.2 Å². The molecule has 0 atom stereocenters. The quantitative estimate of drug-likeness (QED) is 0.152. The monoisotopic (exact) mass is 1110 g/mol. The molecule has 0 bridgehead atoms. The topological polar surface area (TPSA) is 58.4 Å². The number of hydrogen-bond donors (Lipinski definition) is 0. The molecule has 10 heteroatoms. The number of para-hydroxylation sites is 6. The van der Waals surface area contributed by atoms with Crippen molar-refractivity contribution in [2.45, 2.75) is 6.18 Å². The van der Waals surface area contributed by atoms with E-state index in [4.69, 9.17) is 15.0 Å². The zero-order chi connectivity index (χ0) is 57.2. The van der Waals surface area contributed by atoms with E-state index in [9.17, 15) is 0 Å². The summed E-state index contributed by atoms with van der Waals surface area (Å²) in [7, 11) is 0. The zero-order valence-electron chi connectivity index (χ0n) is 45.8. The van der Waals surface area contributed by atoms with Crippen LogP contribution in [0, 0.1) is 0 Å². The number of rotatable bonds is 8. The van der Waals surface area contributed by atoms with Crippen LogP contribution in [-0.2, 0) is 6.18 Å². The summed E-state index contributed by atoms with van der Waals surface area (Å²) >= 11 is 0. The average molecular weight is 1110 g/mol. The van der Waals surface area contributed by atoms with E-state index in [1.165, 1.54) is 12.1 Å². The Labute approximate surface area is 490 Å². The average Bonchev–Trinajstić information content (AvgIpc) is 1.62. The summed E-state index contributed by atoms with van der Waals surface area (Å²) in [6, 6.07) is 92.8. The lowest BCUT2D eigenvalue weighted by molar-refractivity contribution is -0.137. The molecule has 0 spiro atoms. The number of alkyl halides is 3. The van der Waals surface area contributed by atoms with Crippen molar-refractivity contribution in [3.63, 3.8) is 0 Å². The number of hydrogen-bond acceptors (Lipinski definition) is 3. The van der Waals surface area contributed by atoms with Gasteiger partial charge in [-0.25, -0.2) is 15.0 Å². The molecule has 0 aliphatic carbocycles. The predicted octanol–water partition coefficient (Wildman–Crippen LogP) is 19.9. The molecule has 0 radical (unpaired) electrons. The second-order valence-corrected chi connectivity index (χ2v) is 21.9. The van der Waals surface area contributed by atoms with Gasteiger partial charge in [0.25, 0.3) is 0 Å². The summed E-state index contributed by atoms with van der Waals surface area (Å²) in [6.07, 6.45) is -4.71. The third-order valence-electron chi connectivity index (χ3n) is 17.0. The largest absolute Gasteiger partial charge is 0.416 e. The highest BCUT2D eigenvalue weighted by molar-refractivity contribution is 6.21. The van der Waals surface area contributed by atoms with Gasteiger partial charge in [-0.05, 0) is 109 Å². The van der Waals surface area contributed by atoms with E-state index in [0.29, 0.717) is 45.5 Å². The van der Waals surface area contributed by atoms with Crippen LogP contribution >= 0.6 is 0 Å². The maximum absolute atomic E-state index is 15.9. The van der Waals surface area contributed by atoms with Crippen molar-refractivity contribution in [3.8, 4) is 68.0 Å². The fourth-order valence-corrected chi connectivity index (χ4v) is 13.2. The standard InChI is InChI=1S/C76H46F3N7/c77-76(78,79)50-38-40-68(86-66-36-20-16-32-56(66)62-44-60-54-30-14-18-34-64(54)84(70(60)46-72(62)86)52-27-11-4-12-28-52)58(42-50)57-41-49(75-81-73(47-21-5-1-6-22-47)80-74(82-75)48-23-7-2-8-24-48)37-39-67(57)85-65-35-19-15-31-55(65)61-43-59-53-29-13-17-33-63(53)83(69(59)45-71(61)85)51-25-9-3-10-26-51/h1-46H. The van der Waals surface area contributed by atoms with Crippen molar-refractivity contribution < 1.29 is 13.2 Å². The molecular formula is C76H46F3N7. The summed E-state index contributed by atoms with van der Waals surface area (Å²) in [4.78, 5) is 15.4. The van der Waals surface area contributed by atoms with E-state index in [-0.39, 0.29) is 0 Å². The van der Waals surface area contributed by atoms with Gasteiger partial charge in [-0.3, -0.25) is 0 Å². The molecule has 5 aromatic heterocycles. The van der Waals surface area contributed by atoms with Gasteiger partial charge in [0.15, 0.2) is 17.5 Å². The van der Waals surface area contributed by atoms with Crippen LogP contribution in [0.25, 0.3) is 155 Å². The highest BCUT2D eigenvalue weighted by Crippen LogP contribution is 2.47. The van der Waals surface area contributed by atoms with Gasteiger partial charge in [0.2, 0.25) is 0 Å². The van der Waals surface area contributed by atoms with E-state index < -0.39 is 11.7 Å². The Balaban J connectivity index is 1.01. The molecule has 0 fully saturated rings. The van der Waals surface area contributed by atoms with Crippen LogP contribution in [0.5, 0.6) is 0 Å². The van der Waals surface area contributed by atoms with Crippen LogP contribution in [0.3, 0.4) is 0 Å². The van der Waals surface area contributed by atoms with Crippen molar-refractivity contribution in [1.29, 1.82) is 0 Å². The van der Waals surface area contributed by atoms with Crippen molar-refractivity contribution in [3.05, 3.63) is 285 Å². The van der Waals surface area contributed by atoms with Gasteiger partial charge in [-0.1, -0.05) is 170 Å². The molecule has 5 heterocycles. The lowest BCUT2D eigenvalue weighted by atomic mass is 9.96. The first-order valence-corrected chi connectivity index (χ1v) is 28.6. The van der Waals surface area contributed by atoms with E-state index in [2.05, 4.69) is 140 Å². The number of nitrogens with zero attached hydrogens (tertiary/aromatic N) is 7. The second kappa shape index (κ2) is 19.1.